The Kier molecular flexibility index (Phi) is 8.28. The van der Waals surface area contributed by atoms with E-state index < -0.39 is 29.6 Å². The number of benzene rings is 1. The highest BCUT2D eigenvalue weighted by molar-refractivity contribution is 6.05. The molecule has 1 atom stereocenters. The standard InChI is InChI=1S/C20H30N2O6/c1-12(2)11-14(22-19(25)28-20(3,4)5)17(23)21-13-9-8-10-15(26-6)16(13)18(24)27-7/h8-10,12,14H,11H2,1-7H3,(H,21,23)(H,22,25). The van der Waals surface area contributed by atoms with E-state index in [9.17, 15) is 14.4 Å². The number of rotatable bonds is 7. The molecule has 8 nitrogen and oxygen atoms in total. The fraction of sp³-hybridized carbons (Fsp3) is 0.550. The molecule has 1 aromatic carbocycles. The number of carbonyl (C=O) groups excluding carboxylic acids is 3. The average molecular weight is 394 g/mol. The molecule has 0 aromatic heterocycles. The summed E-state index contributed by atoms with van der Waals surface area (Å²) in [4.78, 5) is 37.1. The van der Waals surface area contributed by atoms with Gasteiger partial charge in [0.1, 0.15) is 23.0 Å². The predicted molar refractivity (Wildman–Crippen MR) is 106 cm³/mol. The Morgan fingerprint density at radius 2 is 1.75 bits per heavy atom. The zero-order chi connectivity index (χ0) is 21.5. The molecule has 0 aliphatic carbocycles. The van der Waals surface area contributed by atoms with Crippen LogP contribution in [0.25, 0.3) is 0 Å². The van der Waals surface area contributed by atoms with Crippen LogP contribution in [0.3, 0.4) is 0 Å². The normalized spacial score (nSPS) is 12.1. The van der Waals surface area contributed by atoms with E-state index in [2.05, 4.69) is 10.6 Å². The molecule has 156 valence electrons. The average Bonchev–Trinajstić information content (AvgIpc) is 2.58. The summed E-state index contributed by atoms with van der Waals surface area (Å²) in [5, 5.41) is 5.28. The highest BCUT2D eigenvalue weighted by atomic mass is 16.6. The predicted octanol–water partition coefficient (Wildman–Crippen LogP) is 3.36. The number of alkyl carbamates (subject to hydrolysis) is 1. The highest BCUT2D eigenvalue weighted by Gasteiger charge is 2.27. The molecule has 0 bridgehead atoms. The largest absolute Gasteiger partial charge is 0.496 e. The molecular formula is C20H30N2O6. The van der Waals surface area contributed by atoms with Gasteiger partial charge >= 0.3 is 12.1 Å². The third kappa shape index (κ3) is 7.09. The van der Waals surface area contributed by atoms with Gasteiger partial charge in [-0.3, -0.25) is 4.79 Å². The molecule has 1 unspecified atom stereocenters. The van der Waals surface area contributed by atoms with E-state index in [4.69, 9.17) is 14.2 Å². The molecular weight excluding hydrogens is 364 g/mol. The zero-order valence-corrected chi connectivity index (χ0v) is 17.5. The molecule has 0 fully saturated rings. The van der Waals surface area contributed by atoms with E-state index >= 15 is 0 Å². The molecule has 1 aromatic rings. The summed E-state index contributed by atoms with van der Waals surface area (Å²) < 4.78 is 15.2. The maximum atomic E-state index is 12.8. The van der Waals surface area contributed by atoms with Crippen LogP contribution in [0.1, 0.15) is 51.4 Å². The van der Waals surface area contributed by atoms with Gasteiger partial charge in [0.15, 0.2) is 0 Å². The van der Waals surface area contributed by atoms with E-state index in [1.165, 1.54) is 14.2 Å². The third-order valence-electron chi connectivity index (χ3n) is 3.61. The van der Waals surface area contributed by atoms with Gasteiger partial charge in [0.05, 0.1) is 19.9 Å². The molecule has 0 saturated carbocycles. The SMILES string of the molecule is COC(=O)c1c(NC(=O)C(CC(C)C)NC(=O)OC(C)(C)C)cccc1OC. The first-order valence-electron chi connectivity index (χ1n) is 9.04. The second-order valence-electron chi connectivity index (χ2n) is 7.69. The number of anilines is 1. The number of ether oxygens (including phenoxy) is 3. The van der Waals surface area contributed by atoms with Gasteiger partial charge < -0.3 is 24.8 Å². The van der Waals surface area contributed by atoms with Crippen LogP contribution in [0.2, 0.25) is 0 Å². The van der Waals surface area contributed by atoms with Gasteiger partial charge in [-0.2, -0.15) is 0 Å². The van der Waals surface area contributed by atoms with Crippen LogP contribution in [0.15, 0.2) is 18.2 Å². The Hall–Kier alpha value is -2.77. The number of carbonyl (C=O) groups is 3. The number of esters is 1. The van der Waals surface area contributed by atoms with Crippen LogP contribution in [0.5, 0.6) is 5.75 Å². The smallest absolute Gasteiger partial charge is 0.408 e. The lowest BCUT2D eigenvalue weighted by atomic mass is 10.0. The summed E-state index contributed by atoms with van der Waals surface area (Å²) in [5.41, 5.74) is -0.356. The lowest BCUT2D eigenvalue weighted by Gasteiger charge is -2.24. The highest BCUT2D eigenvalue weighted by Crippen LogP contribution is 2.27. The molecule has 1 rings (SSSR count). The third-order valence-corrected chi connectivity index (χ3v) is 3.61. The quantitative estimate of drug-likeness (QED) is 0.688. The number of amides is 2. The Morgan fingerprint density at radius 3 is 2.25 bits per heavy atom. The molecule has 28 heavy (non-hydrogen) atoms. The lowest BCUT2D eigenvalue weighted by molar-refractivity contribution is -0.118. The minimum atomic E-state index is -0.841. The maximum Gasteiger partial charge on any atom is 0.408 e. The summed E-state index contributed by atoms with van der Waals surface area (Å²) in [7, 11) is 2.66. The molecule has 0 radical (unpaired) electrons. The maximum absolute atomic E-state index is 12.8. The van der Waals surface area contributed by atoms with E-state index in [1.807, 2.05) is 13.8 Å². The Bertz CT molecular complexity index is 709. The Balaban J connectivity index is 3.08. The first-order valence-corrected chi connectivity index (χ1v) is 9.04. The number of hydrogen-bond acceptors (Lipinski definition) is 6. The van der Waals surface area contributed by atoms with E-state index in [0.717, 1.165) is 0 Å². The van der Waals surface area contributed by atoms with Gasteiger partial charge in [0.25, 0.3) is 0 Å². The van der Waals surface area contributed by atoms with Crippen LogP contribution in [-0.4, -0.2) is 43.8 Å². The van der Waals surface area contributed by atoms with Crippen LogP contribution < -0.4 is 15.4 Å². The minimum Gasteiger partial charge on any atom is -0.496 e. The first kappa shape index (κ1) is 23.3. The van der Waals surface area contributed by atoms with Crippen molar-refractivity contribution in [3.63, 3.8) is 0 Å². The molecule has 0 heterocycles. The topological polar surface area (TPSA) is 103 Å². The van der Waals surface area contributed by atoms with Crippen LogP contribution in [-0.2, 0) is 14.3 Å². The van der Waals surface area contributed by atoms with Gasteiger partial charge in [-0.05, 0) is 45.2 Å². The first-order chi connectivity index (χ1) is 13.0. The van der Waals surface area contributed by atoms with Crippen molar-refractivity contribution in [2.24, 2.45) is 5.92 Å². The molecule has 0 aliphatic rings. The van der Waals surface area contributed by atoms with Gasteiger partial charge in [-0.15, -0.1) is 0 Å². The summed E-state index contributed by atoms with van der Waals surface area (Å²) in [6.45, 7) is 9.08. The number of nitrogens with one attached hydrogen (secondary N) is 2. The second kappa shape index (κ2) is 9.96. The number of hydrogen-bond donors (Lipinski definition) is 2. The van der Waals surface area contributed by atoms with Crippen molar-refractivity contribution < 1.29 is 28.6 Å². The van der Waals surface area contributed by atoms with E-state index in [0.29, 0.717) is 6.42 Å². The summed E-state index contributed by atoms with van der Waals surface area (Å²) in [6.07, 6.45) is -0.296. The number of methoxy groups -OCH3 is 2. The summed E-state index contributed by atoms with van der Waals surface area (Å²) in [6, 6.07) is 3.95. The molecule has 0 saturated heterocycles. The van der Waals surface area contributed by atoms with Crippen LogP contribution in [0.4, 0.5) is 10.5 Å². The van der Waals surface area contributed by atoms with Crippen molar-refractivity contribution in [1.82, 2.24) is 5.32 Å². The van der Waals surface area contributed by atoms with E-state index in [-0.39, 0.29) is 22.9 Å². The van der Waals surface area contributed by atoms with Crippen LogP contribution in [0, 0.1) is 5.92 Å². The fourth-order valence-electron chi connectivity index (χ4n) is 2.49. The van der Waals surface area contributed by atoms with Crippen LogP contribution >= 0.6 is 0 Å². The minimum absolute atomic E-state index is 0.0985. The monoisotopic (exact) mass is 394 g/mol. The van der Waals surface area contributed by atoms with Gasteiger partial charge in [-0.1, -0.05) is 19.9 Å². The fourth-order valence-corrected chi connectivity index (χ4v) is 2.49. The lowest BCUT2D eigenvalue weighted by Crippen LogP contribution is -2.46. The van der Waals surface area contributed by atoms with Crippen molar-refractivity contribution >= 4 is 23.7 Å². The molecule has 0 aliphatic heterocycles. The molecule has 2 N–H and O–H groups in total. The van der Waals surface area contributed by atoms with E-state index in [1.54, 1.807) is 39.0 Å². The Labute approximate surface area is 165 Å². The molecule has 0 spiro atoms. The zero-order valence-electron chi connectivity index (χ0n) is 17.5. The second-order valence-corrected chi connectivity index (χ2v) is 7.69. The summed E-state index contributed by atoms with van der Waals surface area (Å²) >= 11 is 0. The van der Waals surface area contributed by atoms with Crippen molar-refractivity contribution in [3.8, 4) is 5.75 Å². The van der Waals surface area contributed by atoms with Crippen molar-refractivity contribution in [1.29, 1.82) is 0 Å². The van der Waals surface area contributed by atoms with Gasteiger partial charge in [0.2, 0.25) is 5.91 Å². The molecule has 2 amide bonds. The van der Waals surface area contributed by atoms with Gasteiger partial charge in [0, 0.05) is 0 Å². The summed E-state index contributed by atoms with van der Waals surface area (Å²) in [5.74, 6) is -0.715. The van der Waals surface area contributed by atoms with Gasteiger partial charge in [-0.25, -0.2) is 9.59 Å². The van der Waals surface area contributed by atoms with Crippen molar-refractivity contribution in [3.05, 3.63) is 23.8 Å². The Morgan fingerprint density at radius 1 is 1.11 bits per heavy atom. The van der Waals surface area contributed by atoms with Crippen molar-refractivity contribution in [2.45, 2.75) is 52.7 Å². The van der Waals surface area contributed by atoms with Crippen molar-refractivity contribution in [2.75, 3.05) is 19.5 Å². The molecule has 8 heteroatoms.